The molecule has 0 aromatic carbocycles. The van der Waals surface area contributed by atoms with Gasteiger partial charge < -0.3 is 10.2 Å². The van der Waals surface area contributed by atoms with Gasteiger partial charge in [-0.15, -0.1) is 0 Å². The van der Waals surface area contributed by atoms with Crippen molar-refractivity contribution in [3.8, 4) is 0 Å². The molecule has 2 unspecified atom stereocenters. The molecule has 0 radical (unpaired) electrons. The molecule has 7 nitrogen and oxygen atoms in total. The zero-order chi connectivity index (χ0) is 14.0. The molecule has 2 rings (SSSR count). The van der Waals surface area contributed by atoms with Crippen molar-refractivity contribution in [2.75, 3.05) is 6.54 Å². The summed E-state index contributed by atoms with van der Waals surface area (Å²) in [7, 11) is 0. The molecule has 2 amide bonds. The Hall–Kier alpha value is -1.92. The predicted octanol–water partition coefficient (Wildman–Crippen LogP) is 0.239. The molecular formula is C12H19N5O2. The fourth-order valence-corrected chi connectivity index (χ4v) is 2.23. The summed E-state index contributed by atoms with van der Waals surface area (Å²) in [6.45, 7) is 6.23. The topological polar surface area (TPSA) is 91.0 Å². The number of hydrogen-bond donors (Lipinski definition) is 2. The Morgan fingerprint density at radius 2 is 2.26 bits per heavy atom. The lowest BCUT2D eigenvalue weighted by Crippen LogP contribution is -2.36. The number of rotatable bonds is 4. The van der Waals surface area contributed by atoms with Crippen LogP contribution in [0.1, 0.15) is 39.1 Å². The third-order valence-electron chi connectivity index (χ3n) is 3.36. The zero-order valence-electron chi connectivity index (χ0n) is 11.4. The lowest BCUT2D eigenvalue weighted by Gasteiger charge is -2.21. The molecule has 2 N–H and O–H groups in total. The molecule has 1 aliphatic heterocycles. The van der Waals surface area contributed by atoms with E-state index in [9.17, 15) is 9.59 Å². The van der Waals surface area contributed by atoms with E-state index in [0.717, 1.165) is 0 Å². The average molecular weight is 265 g/mol. The van der Waals surface area contributed by atoms with Gasteiger partial charge in [-0.05, 0) is 20.8 Å². The third kappa shape index (κ3) is 2.91. The van der Waals surface area contributed by atoms with Gasteiger partial charge in [-0.1, -0.05) is 0 Å². The second kappa shape index (κ2) is 5.38. The maximum atomic E-state index is 12.1. The number of hydrogen-bond acceptors (Lipinski definition) is 4. The number of nitrogens with one attached hydrogen (secondary N) is 2. The van der Waals surface area contributed by atoms with Crippen molar-refractivity contribution in [2.24, 2.45) is 5.92 Å². The van der Waals surface area contributed by atoms with Crippen molar-refractivity contribution >= 4 is 11.8 Å². The Morgan fingerprint density at radius 1 is 1.53 bits per heavy atom. The van der Waals surface area contributed by atoms with E-state index in [1.54, 1.807) is 4.90 Å². The summed E-state index contributed by atoms with van der Waals surface area (Å²) in [6.07, 6.45) is 1.69. The zero-order valence-corrected chi connectivity index (χ0v) is 11.4. The van der Waals surface area contributed by atoms with Crippen LogP contribution in [-0.2, 0) is 9.59 Å². The van der Waals surface area contributed by atoms with E-state index < -0.39 is 0 Å². The highest BCUT2D eigenvalue weighted by Crippen LogP contribution is 2.21. The number of amides is 2. The quantitative estimate of drug-likeness (QED) is 0.815. The summed E-state index contributed by atoms with van der Waals surface area (Å²) < 4.78 is 0. The van der Waals surface area contributed by atoms with Crippen LogP contribution < -0.4 is 5.32 Å². The number of H-pyrrole nitrogens is 1. The molecule has 0 bridgehead atoms. The molecule has 104 valence electrons. The minimum atomic E-state index is -0.278. The molecule has 0 aliphatic carbocycles. The number of carbonyl (C=O) groups is 2. The summed E-state index contributed by atoms with van der Waals surface area (Å²) in [4.78, 5) is 29.6. The fraction of sp³-hybridized carbons (Fsp3) is 0.667. The first kappa shape index (κ1) is 13.5. The van der Waals surface area contributed by atoms with Gasteiger partial charge in [-0.25, -0.2) is 4.98 Å². The lowest BCUT2D eigenvalue weighted by molar-refractivity contribution is -0.130. The molecule has 7 heteroatoms. The van der Waals surface area contributed by atoms with Gasteiger partial charge in [0.1, 0.15) is 12.2 Å². The van der Waals surface area contributed by atoms with Gasteiger partial charge in [-0.3, -0.25) is 14.7 Å². The first-order chi connectivity index (χ1) is 8.99. The Morgan fingerprint density at radius 3 is 2.79 bits per heavy atom. The summed E-state index contributed by atoms with van der Waals surface area (Å²) in [6, 6.07) is -0.102. The molecule has 1 saturated heterocycles. The van der Waals surface area contributed by atoms with E-state index in [4.69, 9.17) is 0 Å². The van der Waals surface area contributed by atoms with Crippen LogP contribution in [0.15, 0.2) is 6.33 Å². The number of carbonyl (C=O) groups excluding carboxylic acids is 2. The molecular weight excluding hydrogens is 246 g/mol. The fourth-order valence-electron chi connectivity index (χ4n) is 2.23. The van der Waals surface area contributed by atoms with Gasteiger partial charge in [0.25, 0.3) is 0 Å². The molecule has 2 atom stereocenters. The van der Waals surface area contributed by atoms with Crippen molar-refractivity contribution in [1.29, 1.82) is 0 Å². The lowest BCUT2D eigenvalue weighted by atomic mass is 10.1. The summed E-state index contributed by atoms with van der Waals surface area (Å²) >= 11 is 0. The van der Waals surface area contributed by atoms with E-state index in [1.807, 2.05) is 20.8 Å². The molecule has 1 fully saturated rings. The predicted molar refractivity (Wildman–Crippen MR) is 67.9 cm³/mol. The Bertz CT molecular complexity index is 457. The van der Waals surface area contributed by atoms with E-state index in [-0.39, 0.29) is 36.2 Å². The average Bonchev–Trinajstić information content (AvgIpc) is 2.96. The van der Waals surface area contributed by atoms with Gasteiger partial charge in [0.05, 0.1) is 12.0 Å². The number of nitrogens with zero attached hydrogens (tertiary/aromatic N) is 3. The van der Waals surface area contributed by atoms with Crippen LogP contribution in [0.2, 0.25) is 0 Å². The second-order valence-corrected chi connectivity index (χ2v) is 5.14. The highest BCUT2D eigenvalue weighted by Gasteiger charge is 2.35. The number of aromatic nitrogens is 3. The minimum Gasteiger partial charge on any atom is -0.346 e. The van der Waals surface area contributed by atoms with Crippen LogP contribution in [0.5, 0.6) is 0 Å². The molecule has 1 aromatic heterocycles. The number of likely N-dealkylation sites (tertiary alicyclic amines) is 1. The van der Waals surface area contributed by atoms with Crippen molar-refractivity contribution in [3.63, 3.8) is 0 Å². The maximum Gasteiger partial charge on any atom is 0.226 e. The van der Waals surface area contributed by atoms with Gasteiger partial charge in [0.2, 0.25) is 11.8 Å². The van der Waals surface area contributed by atoms with E-state index >= 15 is 0 Å². The van der Waals surface area contributed by atoms with Crippen LogP contribution in [0.25, 0.3) is 0 Å². The monoisotopic (exact) mass is 265 g/mol. The van der Waals surface area contributed by atoms with Crippen molar-refractivity contribution in [1.82, 2.24) is 25.4 Å². The van der Waals surface area contributed by atoms with Crippen molar-refractivity contribution < 1.29 is 9.59 Å². The van der Waals surface area contributed by atoms with Crippen LogP contribution in [0, 0.1) is 5.92 Å². The first-order valence-corrected chi connectivity index (χ1v) is 6.44. The highest BCUT2D eigenvalue weighted by molar-refractivity contribution is 5.89. The van der Waals surface area contributed by atoms with Crippen molar-refractivity contribution in [3.05, 3.63) is 12.2 Å². The first-order valence-electron chi connectivity index (χ1n) is 6.44. The molecule has 2 heterocycles. The van der Waals surface area contributed by atoms with Gasteiger partial charge >= 0.3 is 0 Å². The summed E-state index contributed by atoms with van der Waals surface area (Å²) in [5, 5.41) is 9.31. The van der Waals surface area contributed by atoms with Crippen LogP contribution in [-0.4, -0.2) is 44.5 Å². The Kier molecular flexibility index (Phi) is 3.82. The van der Waals surface area contributed by atoms with Crippen LogP contribution in [0.3, 0.4) is 0 Å². The number of aromatic amines is 1. The normalized spacial score (nSPS) is 20.9. The minimum absolute atomic E-state index is 0.0440. The maximum absolute atomic E-state index is 12.1. The largest absolute Gasteiger partial charge is 0.346 e. The van der Waals surface area contributed by atoms with E-state index in [2.05, 4.69) is 20.5 Å². The smallest absolute Gasteiger partial charge is 0.226 e. The standard InChI is InChI=1S/C12H19N5O2/c1-7(2)17-5-9(4-10(17)18)12(19)15-8(3)11-13-6-14-16-11/h6-9H,4-5H2,1-3H3,(H,15,19)(H,13,14,16). The molecule has 0 spiro atoms. The molecule has 1 aromatic rings. The van der Waals surface area contributed by atoms with E-state index in [0.29, 0.717) is 12.4 Å². The van der Waals surface area contributed by atoms with Gasteiger partial charge in [0.15, 0.2) is 0 Å². The van der Waals surface area contributed by atoms with Crippen LogP contribution >= 0.6 is 0 Å². The third-order valence-corrected chi connectivity index (χ3v) is 3.36. The van der Waals surface area contributed by atoms with Gasteiger partial charge in [-0.2, -0.15) is 5.10 Å². The summed E-state index contributed by atoms with van der Waals surface area (Å²) in [5.74, 6) is 0.265. The molecule has 0 saturated carbocycles. The van der Waals surface area contributed by atoms with Crippen molar-refractivity contribution in [2.45, 2.75) is 39.3 Å². The Balaban J connectivity index is 1.93. The summed E-state index contributed by atoms with van der Waals surface area (Å²) in [5.41, 5.74) is 0. The highest BCUT2D eigenvalue weighted by atomic mass is 16.2. The van der Waals surface area contributed by atoms with Crippen LogP contribution in [0.4, 0.5) is 0 Å². The SMILES string of the molecule is CC(NC(=O)C1CC(=O)N(C(C)C)C1)c1ncn[nH]1. The second-order valence-electron chi connectivity index (χ2n) is 5.14. The Labute approximate surface area is 111 Å². The molecule has 1 aliphatic rings. The van der Waals surface area contributed by atoms with E-state index in [1.165, 1.54) is 6.33 Å². The molecule has 19 heavy (non-hydrogen) atoms. The van der Waals surface area contributed by atoms with Gasteiger partial charge in [0, 0.05) is 19.0 Å².